The fraction of sp³-hybridized carbons (Fsp3) is 0.450. The van der Waals surface area contributed by atoms with Gasteiger partial charge >= 0.3 is 0 Å². The normalized spacial score (nSPS) is 23.7. The lowest BCUT2D eigenvalue weighted by atomic mass is 9.66. The largest absolute Gasteiger partial charge is 0.507 e. The summed E-state index contributed by atoms with van der Waals surface area (Å²) in [5.41, 5.74) is 5.10. The monoisotopic (exact) mass is 636 g/mol. The molecule has 248 valence electrons. The van der Waals surface area contributed by atoms with Crippen molar-refractivity contribution >= 4 is 28.7 Å². The van der Waals surface area contributed by atoms with E-state index in [9.17, 15) is 24.9 Å². The molecule has 3 N–H and O–H groups in total. The number of rotatable bonds is 10. The van der Waals surface area contributed by atoms with Crippen molar-refractivity contribution in [1.82, 2.24) is 9.80 Å². The highest BCUT2D eigenvalue weighted by Gasteiger charge is 2.56. The highest BCUT2D eigenvalue weighted by atomic mass is 16.3. The van der Waals surface area contributed by atoms with E-state index in [-0.39, 0.29) is 36.1 Å². The Morgan fingerprint density at radius 1 is 0.936 bits per heavy atom. The number of phenols is 1. The number of nitrogens with zero attached hydrogens (tertiary/aromatic N) is 2. The number of phenolic OH excluding ortho intramolecular Hbond substituents is 1. The van der Waals surface area contributed by atoms with Gasteiger partial charge in [0.15, 0.2) is 0 Å². The maximum absolute atomic E-state index is 14.1. The number of piperidine rings is 1. The number of carbonyl (C=O) groups excluding carboxylic acids is 2. The predicted molar refractivity (Wildman–Crippen MR) is 185 cm³/mol. The van der Waals surface area contributed by atoms with E-state index in [4.69, 9.17) is 0 Å². The van der Waals surface area contributed by atoms with Gasteiger partial charge in [-0.25, -0.2) is 0 Å². The zero-order chi connectivity index (χ0) is 33.2. The van der Waals surface area contributed by atoms with E-state index in [0.29, 0.717) is 19.3 Å². The van der Waals surface area contributed by atoms with Gasteiger partial charge in [-0.3, -0.25) is 19.4 Å². The first-order valence-electron chi connectivity index (χ1n) is 17.2. The summed E-state index contributed by atoms with van der Waals surface area (Å²) in [6, 6.07) is 21.6. The van der Waals surface area contributed by atoms with E-state index in [1.54, 1.807) is 11.0 Å². The lowest BCUT2D eigenvalue weighted by Gasteiger charge is -2.38. The summed E-state index contributed by atoms with van der Waals surface area (Å²) in [5, 5.41) is 34.5. The molecule has 7 heteroatoms. The Hall–Kier alpha value is -3.78. The second kappa shape index (κ2) is 14.1. The molecule has 6 rings (SSSR count). The van der Waals surface area contributed by atoms with Crippen LogP contribution in [0.3, 0.4) is 0 Å². The molecular formula is C40H48N2O5. The van der Waals surface area contributed by atoms with Gasteiger partial charge in [0.05, 0.1) is 24.5 Å². The molecular weight excluding hydrogens is 588 g/mol. The fourth-order valence-corrected chi connectivity index (χ4v) is 8.30. The molecule has 2 saturated heterocycles. The summed E-state index contributed by atoms with van der Waals surface area (Å²) in [4.78, 5) is 31.9. The van der Waals surface area contributed by atoms with Crippen LogP contribution in [0.25, 0.3) is 16.8 Å². The first-order chi connectivity index (χ1) is 22.7. The van der Waals surface area contributed by atoms with Gasteiger partial charge in [0, 0.05) is 37.0 Å². The Bertz CT molecular complexity index is 1670. The Kier molecular flexibility index (Phi) is 9.97. The molecule has 4 atom stereocenters. The smallest absolute Gasteiger partial charge is 0.234 e. The quantitative estimate of drug-likeness (QED) is 0.178. The van der Waals surface area contributed by atoms with Gasteiger partial charge in [0.1, 0.15) is 5.75 Å². The number of fused-ring (bicyclic) bond motifs is 2. The first kappa shape index (κ1) is 33.1. The van der Waals surface area contributed by atoms with Gasteiger partial charge in [0.2, 0.25) is 11.8 Å². The SMILES string of the molecule is C/C(=C\c1ccc(O)c2ccccc12)CC[C@@H](O)C1=C(C(C)C)C[C@H]2C(=O)N(C3CCN(Cc4ccccc4)CC3)C(=O)[C@H]2[C@H]1CO. The van der Waals surface area contributed by atoms with Crippen molar-refractivity contribution in [2.45, 2.75) is 71.6 Å². The van der Waals surface area contributed by atoms with Gasteiger partial charge < -0.3 is 15.3 Å². The van der Waals surface area contributed by atoms with Gasteiger partial charge in [0.25, 0.3) is 0 Å². The van der Waals surface area contributed by atoms with Crippen LogP contribution in [0.2, 0.25) is 0 Å². The number of hydrogen-bond donors (Lipinski definition) is 3. The number of likely N-dealkylation sites (tertiary alicyclic amines) is 2. The number of allylic oxidation sites excluding steroid dienone is 2. The van der Waals surface area contributed by atoms with Gasteiger partial charge in [-0.05, 0) is 73.1 Å². The van der Waals surface area contributed by atoms with Gasteiger partial charge in [-0.15, -0.1) is 0 Å². The van der Waals surface area contributed by atoms with E-state index in [0.717, 1.165) is 65.5 Å². The molecule has 1 aliphatic carbocycles. The second-order valence-corrected chi connectivity index (χ2v) is 14.1. The van der Waals surface area contributed by atoms with Crippen LogP contribution >= 0.6 is 0 Å². The molecule has 47 heavy (non-hydrogen) atoms. The van der Waals surface area contributed by atoms with Crippen LogP contribution in [0.1, 0.15) is 64.0 Å². The molecule has 2 heterocycles. The lowest BCUT2D eigenvalue weighted by molar-refractivity contribution is -0.144. The molecule has 3 aromatic carbocycles. The number of aliphatic hydroxyl groups excluding tert-OH is 2. The third-order valence-corrected chi connectivity index (χ3v) is 10.7. The van der Waals surface area contributed by atoms with Crippen molar-refractivity contribution in [3.63, 3.8) is 0 Å². The zero-order valence-electron chi connectivity index (χ0n) is 27.8. The predicted octanol–water partition coefficient (Wildman–Crippen LogP) is 6.32. The van der Waals surface area contributed by atoms with Gasteiger partial charge in [-0.2, -0.15) is 0 Å². The Morgan fingerprint density at radius 3 is 2.30 bits per heavy atom. The van der Waals surface area contributed by atoms with E-state index in [1.807, 2.05) is 55.5 Å². The summed E-state index contributed by atoms with van der Waals surface area (Å²) in [6.07, 6.45) is 4.28. The average molecular weight is 637 g/mol. The first-order valence-corrected chi connectivity index (χ1v) is 17.2. The number of carbonyl (C=O) groups is 2. The molecule has 7 nitrogen and oxygen atoms in total. The standard InChI is InChI=1S/C40H48N2O5/c1-25(2)32-22-33-38(40(47)42(39(33)46)29-17-19-41(20-18-29)23-27-9-5-4-6-10-27)34(24-43)37(32)36(45)15-13-26(3)21-28-14-16-35(44)31-12-8-7-11-30(28)31/h4-12,14,16,21,25,29,33-34,36,38,43-45H,13,15,17-20,22-24H2,1-3H3/b26-21+/t33-,34+,36-,38-/m1/s1. The van der Waals surface area contributed by atoms with Crippen molar-refractivity contribution in [2.75, 3.05) is 19.7 Å². The minimum absolute atomic E-state index is 0.0767. The number of aliphatic hydroxyl groups is 2. The highest BCUT2D eigenvalue weighted by Crippen LogP contribution is 2.49. The average Bonchev–Trinajstić information content (AvgIpc) is 3.33. The van der Waals surface area contributed by atoms with Crippen molar-refractivity contribution in [1.29, 1.82) is 0 Å². The molecule has 3 aliphatic rings. The number of hydrogen-bond acceptors (Lipinski definition) is 6. The minimum atomic E-state index is -0.830. The Balaban J connectivity index is 1.16. The van der Waals surface area contributed by atoms with Crippen LogP contribution in [0.5, 0.6) is 5.75 Å². The van der Waals surface area contributed by atoms with Crippen LogP contribution in [0, 0.1) is 23.7 Å². The molecule has 0 spiro atoms. The van der Waals surface area contributed by atoms with Crippen LogP contribution in [0.15, 0.2) is 83.4 Å². The van der Waals surface area contributed by atoms with E-state index < -0.39 is 23.9 Å². The number of amides is 2. The number of imide groups is 1. The van der Waals surface area contributed by atoms with Crippen molar-refractivity contribution in [3.8, 4) is 5.75 Å². The maximum atomic E-state index is 14.1. The molecule has 0 aromatic heterocycles. The van der Waals surface area contributed by atoms with Crippen molar-refractivity contribution in [3.05, 3.63) is 94.6 Å². The zero-order valence-corrected chi connectivity index (χ0v) is 27.8. The van der Waals surface area contributed by atoms with E-state index in [1.165, 1.54) is 5.56 Å². The van der Waals surface area contributed by atoms with Crippen LogP contribution in [0.4, 0.5) is 0 Å². The summed E-state index contributed by atoms with van der Waals surface area (Å²) >= 11 is 0. The third kappa shape index (κ3) is 6.67. The lowest BCUT2D eigenvalue weighted by Crippen LogP contribution is -2.47. The second-order valence-electron chi connectivity index (χ2n) is 14.1. The van der Waals surface area contributed by atoms with Crippen LogP contribution < -0.4 is 0 Å². The Labute approximate surface area is 278 Å². The molecule has 0 saturated carbocycles. The molecule has 2 aliphatic heterocycles. The molecule has 2 amide bonds. The van der Waals surface area contributed by atoms with E-state index in [2.05, 4.69) is 37.0 Å². The number of benzene rings is 3. The molecule has 0 radical (unpaired) electrons. The maximum Gasteiger partial charge on any atom is 0.234 e. The summed E-state index contributed by atoms with van der Waals surface area (Å²) in [7, 11) is 0. The van der Waals surface area contributed by atoms with Crippen molar-refractivity contribution < 1.29 is 24.9 Å². The van der Waals surface area contributed by atoms with Crippen molar-refractivity contribution in [2.24, 2.45) is 23.7 Å². The summed E-state index contributed by atoms with van der Waals surface area (Å²) in [5.74, 6) is -1.66. The topological polar surface area (TPSA) is 101 Å². The molecule has 0 unspecified atom stereocenters. The van der Waals surface area contributed by atoms with Crippen LogP contribution in [-0.4, -0.2) is 68.8 Å². The summed E-state index contributed by atoms with van der Waals surface area (Å²) < 4.78 is 0. The van der Waals surface area contributed by atoms with Crippen LogP contribution in [-0.2, 0) is 16.1 Å². The number of aromatic hydroxyl groups is 1. The fourth-order valence-electron chi connectivity index (χ4n) is 8.30. The van der Waals surface area contributed by atoms with Gasteiger partial charge in [-0.1, -0.05) is 91.7 Å². The third-order valence-electron chi connectivity index (χ3n) is 10.7. The minimum Gasteiger partial charge on any atom is -0.507 e. The van der Waals surface area contributed by atoms with E-state index >= 15 is 0 Å². The highest BCUT2D eigenvalue weighted by molar-refractivity contribution is 6.06. The molecule has 2 fully saturated rings. The summed E-state index contributed by atoms with van der Waals surface area (Å²) in [6.45, 7) is 8.40. The molecule has 3 aromatic rings. The Morgan fingerprint density at radius 2 is 1.62 bits per heavy atom. The molecule has 0 bridgehead atoms.